The van der Waals surface area contributed by atoms with Crippen LogP contribution in [0.4, 0.5) is 11.5 Å². The van der Waals surface area contributed by atoms with Crippen LogP contribution in [0.2, 0.25) is 0 Å². The SMILES string of the molecule is CCOc1cc(-c2ccc(N3CCC(C)(NC(=O)c4ccccn4)CC3)nc2)c2c(N)cnn2c1. The van der Waals surface area contributed by atoms with E-state index in [0.717, 1.165) is 54.1 Å². The molecule has 0 saturated carbocycles. The number of carbonyl (C=O) groups is 1. The molecule has 0 unspecified atom stereocenters. The van der Waals surface area contributed by atoms with Crippen molar-refractivity contribution in [2.75, 3.05) is 30.3 Å². The number of piperidine rings is 1. The zero-order valence-corrected chi connectivity index (χ0v) is 19.9. The molecule has 5 heterocycles. The predicted molar refractivity (Wildman–Crippen MR) is 136 cm³/mol. The van der Waals surface area contributed by atoms with Gasteiger partial charge in [-0.2, -0.15) is 5.10 Å². The molecule has 1 aliphatic heterocycles. The average Bonchev–Trinajstić information content (AvgIpc) is 3.25. The Hall–Kier alpha value is -4.14. The van der Waals surface area contributed by atoms with Gasteiger partial charge in [0, 0.05) is 42.1 Å². The van der Waals surface area contributed by atoms with Gasteiger partial charge in [-0.25, -0.2) is 9.50 Å². The number of nitrogens with one attached hydrogen (secondary N) is 1. The van der Waals surface area contributed by atoms with Crippen LogP contribution in [0.25, 0.3) is 16.6 Å². The van der Waals surface area contributed by atoms with Crippen LogP contribution in [0, 0.1) is 0 Å². The van der Waals surface area contributed by atoms with E-state index in [4.69, 9.17) is 15.5 Å². The average molecular weight is 472 g/mol. The van der Waals surface area contributed by atoms with Gasteiger partial charge in [0.25, 0.3) is 5.91 Å². The lowest BCUT2D eigenvalue weighted by atomic mass is 9.89. The van der Waals surface area contributed by atoms with Gasteiger partial charge in [-0.05, 0) is 57.0 Å². The number of amides is 1. The molecular weight excluding hydrogens is 442 g/mol. The van der Waals surface area contributed by atoms with Gasteiger partial charge in [-0.15, -0.1) is 0 Å². The van der Waals surface area contributed by atoms with Crippen molar-refractivity contribution in [1.82, 2.24) is 24.9 Å². The molecule has 5 rings (SSSR count). The van der Waals surface area contributed by atoms with Crippen molar-refractivity contribution in [2.24, 2.45) is 0 Å². The molecule has 3 N–H and O–H groups in total. The summed E-state index contributed by atoms with van der Waals surface area (Å²) in [7, 11) is 0. The highest BCUT2D eigenvalue weighted by molar-refractivity contribution is 5.92. The largest absolute Gasteiger partial charge is 0.492 e. The van der Waals surface area contributed by atoms with Crippen molar-refractivity contribution in [2.45, 2.75) is 32.2 Å². The summed E-state index contributed by atoms with van der Waals surface area (Å²) in [5.41, 5.74) is 9.66. The number of ether oxygens (including phenoxy) is 1. The Bertz CT molecular complexity index is 1330. The van der Waals surface area contributed by atoms with E-state index in [2.05, 4.69) is 33.3 Å². The van der Waals surface area contributed by atoms with Crippen LogP contribution in [0.3, 0.4) is 0 Å². The van der Waals surface area contributed by atoms with E-state index < -0.39 is 0 Å². The number of hydrogen-bond donors (Lipinski definition) is 2. The van der Waals surface area contributed by atoms with Crippen LogP contribution in [-0.4, -0.2) is 50.7 Å². The number of rotatable bonds is 6. The lowest BCUT2D eigenvalue weighted by Gasteiger charge is -2.40. The van der Waals surface area contributed by atoms with Gasteiger partial charge in [-0.3, -0.25) is 9.78 Å². The summed E-state index contributed by atoms with van der Waals surface area (Å²) in [5.74, 6) is 1.50. The molecule has 1 amide bonds. The van der Waals surface area contributed by atoms with Crippen LogP contribution in [0.5, 0.6) is 5.75 Å². The molecule has 0 aromatic carbocycles. The summed E-state index contributed by atoms with van der Waals surface area (Å²) in [6.45, 7) is 6.20. The van der Waals surface area contributed by atoms with Crippen molar-refractivity contribution in [1.29, 1.82) is 0 Å². The van der Waals surface area contributed by atoms with E-state index in [-0.39, 0.29) is 11.4 Å². The number of nitrogen functional groups attached to an aromatic ring is 1. The van der Waals surface area contributed by atoms with E-state index in [1.165, 1.54) is 0 Å². The van der Waals surface area contributed by atoms with Gasteiger partial charge in [-0.1, -0.05) is 6.07 Å². The summed E-state index contributed by atoms with van der Waals surface area (Å²) >= 11 is 0. The molecule has 0 radical (unpaired) electrons. The molecule has 0 aliphatic carbocycles. The van der Waals surface area contributed by atoms with Crippen LogP contribution in [0.1, 0.15) is 37.2 Å². The highest BCUT2D eigenvalue weighted by Crippen LogP contribution is 2.33. The van der Waals surface area contributed by atoms with Crippen LogP contribution < -0.4 is 20.7 Å². The Kier molecular flexibility index (Phi) is 5.98. The first kappa shape index (κ1) is 22.6. The number of anilines is 2. The molecule has 9 heteroatoms. The van der Waals surface area contributed by atoms with E-state index in [0.29, 0.717) is 18.0 Å². The van der Waals surface area contributed by atoms with Gasteiger partial charge >= 0.3 is 0 Å². The molecule has 4 aromatic heterocycles. The maximum Gasteiger partial charge on any atom is 0.270 e. The molecule has 35 heavy (non-hydrogen) atoms. The van der Waals surface area contributed by atoms with Gasteiger partial charge in [0.05, 0.1) is 30.2 Å². The second kappa shape index (κ2) is 9.25. The summed E-state index contributed by atoms with van der Waals surface area (Å²) in [6, 6.07) is 11.4. The minimum Gasteiger partial charge on any atom is -0.492 e. The molecule has 9 nitrogen and oxygen atoms in total. The van der Waals surface area contributed by atoms with E-state index in [1.807, 2.05) is 37.5 Å². The van der Waals surface area contributed by atoms with E-state index >= 15 is 0 Å². The highest BCUT2D eigenvalue weighted by atomic mass is 16.5. The minimum atomic E-state index is -0.282. The van der Waals surface area contributed by atoms with Gasteiger partial charge in [0.1, 0.15) is 17.3 Å². The smallest absolute Gasteiger partial charge is 0.270 e. The summed E-state index contributed by atoms with van der Waals surface area (Å²) in [6.07, 6.45) is 8.61. The Balaban J connectivity index is 1.30. The van der Waals surface area contributed by atoms with Crippen LogP contribution in [0.15, 0.2) is 61.2 Å². The first-order chi connectivity index (χ1) is 17.0. The number of fused-ring (bicyclic) bond motifs is 1. The van der Waals surface area contributed by atoms with Crippen LogP contribution in [-0.2, 0) is 0 Å². The first-order valence-corrected chi connectivity index (χ1v) is 11.8. The fraction of sp³-hybridized carbons (Fsp3) is 0.308. The lowest BCUT2D eigenvalue weighted by Crippen LogP contribution is -2.53. The summed E-state index contributed by atoms with van der Waals surface area (Å²) < 4.78 is 7.46. The molecule has 0 spiro atoms. The molecule has 4 aromatic rings. The predicted octanol–water partition coefficient (Wildman–Crippen LogP) is 3.56. The van der Waals surface area contributed by atoms with Crippen molar-refractivity contribution in [3.8, 4) is 16.9 Å². The van der Waals surface area contributed by atoms with Crippen LogP contribution >= 0.6 is 0 Å². The van der Waals surface area contributed by atoms with Crippen molar-refractivity contribution in [3.63, 3.8) is 0 Å². The third-order valence-electron chi connectivity index (χ3n) is 6.49. The highest BCUT2D eigenvalue weighted by Gasteiger charge is 2.32. The fourth-order valence-electron chi connectivity index (χ4n) is 4.51. The maximum atomic E-state index is 12.6. The second-order valence-electron chi connectivity index (χ2n) is 9.04. The molecule has 0 bridgehead atoms. The van der Waals surface area contributed by atoms with Gasteiger partial charge < -0.3 is 20.7 Å². The Morgan fingerprint density at radius 1 is 1.17 bits per heavy atom. The monoisotopic (exact) mass is 471 g/mol. The maximum absolute atomic E-state index is 12.6. The van der Waals surface area contributed by atoms with Crippen molar-refractivity contribution < 1.29 is 9.53 Å². The number of nitrogens with zero attached hydrogens (tertiary/aromatic N) is 5. The Morgan fingerprint density at radius 3 is 2.69 bits per heavy atom. The zero-order valence-electron chi connectivity index (χ0n) is 19.9. The van der Waals surface area contributed by atoms with Crippen molar-refractivity contribution in [3.05, 3.63) is 66.9 Å². The molecule has 1 saturated heterocycles. The number of pyridine rings is 3. The quantitative estimate of drug-likeness (QED) is 0.442. The first-order valence-electron chi connectivity index (χ1n) is 11.8. The molecule has 1 aliphatic rings. The number of hydrogen-bond acceptors (Lipinski definition) is 7. The van der Waals surface area contributed by atoms with Gasteiger partial charge in [0.15, 0.2) is 0 Å². The molecule has 1 fully saturated rings. The number of carbonyl (C=O) groups excluding carboxylic acids is 1. The fourth-order valence-corrected chi connectivity index (χ4v) is 4.51. The molecule has 180 valence electrons. The normalized spacial score (nSPS) is 15.2. The van der Waals surface area contributed by atoms with E-state index in [9.17, 15) is 4.79 Å². The third kappa shape index (κ3) is 4.62. The van der Waals surface area contributed by atoms with Crippen molar-refractivity contribution >= 4 is 22.9 Å². The third-order valence-corrected chi connectivity index (χ3v) is 6.49. The Morgan fingerprint density at radius 2 is 2.00 bits per heavy atom. The summed E-state index contributed by atoms with van der Waals surface area (Å²) in [4.78, 5) is 23.7. The number of aromatic nitrogens is 4. The standard InChI is InChI=1S/C26H29N7O2/c1-3-35-19-14-20(24-21(27)16-30-33(24)17-19)18-7-8-23(29-15-18)32-12-9-26(2,10-13-32)31-25(34)22-6-4-5-11-28-22/h4-8,11,14-17H,3,9-10,12-13,27H2,1-2H3,(H,31,34). The topological polar surface area (TPSA) is 111 Å². The van der Waals surface area contributed by atoms with E-state index in [1.54, 1.807) is 29.0 Å². The lowest BCUT2D eigenvalue weighted by molar-refractivity contribution is 0.0886. The Labute approximate surface area is 203 Å². The summed E-state index contributed by atoms with van der Waals surface area (Å²) in [5, 5.41) is 7.51. The van der Waals surface area contributed by atoms with Gasteiger partial charge in [0.2, 0.25) is 0 Å². The number of nitrogens with two attached hydrogens (primary N) is 1. The zero-order chi connectivity index (χ0) is 24.4. The minimum absolute atomic E-state index is 0.135. The molecule has 0 atom stereocenters. The molecular formula is C26H29N7O2. The second-order valence-corrected chi connectivity index (χ2v) is 9.04.